The fourth-order valence-corrected chi connectivity index (χ4v) is 2.67. The molecule has 1 aromatic rings. The zero-order chi connectivity index (χ0) is 13.5. The Morgan fingerprint density at radius 2 is 2.21 bits per heavy atom. The molecule has 1 aliphatic heterocycles. The van der Waals surface area contributed by atoms with Gasteiger partial charge in [0.05, 0.1) is 5.92 Å². The Labute approximate surface area is 115 Å². The maximum atomic E-state index is 12.1. The van der Waals surface area contributed by atoms with Crippen LogP contribution < -0.4 is 10.6 Å². The molecule has 2 unspecified atom stereocenters. The second kappa shape index (κ2) is 7.29. The van der Waals surface area contributed by atoms with Gasteiger partial charge in [-0.2, -0.15) is 0 Å². The molecule has 2 N–H and O–H groups in total. The molecule has 19 heavy (non-hydrogen) atoms. The van der Waals surface area contributed by atoms with Gasteiger partial charge >= 0.3 is 0 Å². The highest BCUT2D eigenvalue weighted by Gasteiger charge is 2.21. The normalized spacial score (nSPS) is 20.8. The Morgan fingerprint density at radius 3 is 2.84 bits per heavy atom. The van der Waals surface area contributed by atoms with E-state index in [9.17, 15) is 4.79 Å². The van der Waals surface area contributed by atoms with Crippen LogP contribution in [0.4, 0.5) is 0 Å². The summed E-state index contributed by atoms with van der Waals surface area (Å²) in [6.45, 7) is 4.79. The third-order valence-electron chi connectivity index (χ3n) is 3.95. The van der Waals surface area contributed by atoms with Crippen molar-refractivity contribution in [2.24, 2.45) is 5.92 Å². The van der Waals surface area contributed by atoms with Gasteiger partial charge in [-0.1, -0.05) is 37.3 Å². The molecule has 0 radical (unpaired) electrons. The molecule has 1 saturated heterocycles. The van der Waals surface area contributed by atoms with Crippen LogP contribution in [0.1, 0.15) is 37.7 Å². The lowest BCUT2D eigenvalue weighted by Gasteiger charge is -2.23. The minimum Gasteiger partial charge on any atom is -0.355 e. The van der Waals surface area contributed by atoms with Gasteiger partial charge in [0.25, 0.3) is 0 Å². The van der Waals surface area contributed by atoms with Gasteiger partial charge in [-0.05, 0) is 31.4 Å². The highest BCUT2D eigenvalue weighted by molar-refractivity contribution is 5.79. The van der Waals surface area contributed by atoms with Crippen molar-refractivity contribution < 1.29 is 4.79 Å². The first-order chi connectivity index (χ1) is 9.31. The lowest BCUT2D eigenvalue weighted by Crippen LogP contribution is -2.41. The van der Waals surface area contributed by atoms with Crippen LogP contribution in [0.3, 0.4) is 0 Å². The fourth-order valence-electron chi connectivity index (χ4n) is 2.67. The van der Waals surface area contributed by atoms with E-state index >= 15 is 0 Å². The lowest BCUT2D eigenvalue weighted by atomic mass is 9.95. The third-order valence-corrected chi connectivity index (χ3v) is 3.95. The van der Waals surface area contributed by atoms with Crippen LogP contribution in [0.25, 0.3) is 0 Å². The molecule has 1 fully saturated rings. The summed E-state index contributed by atoms with van der Waals surface area (Å²) in [5, 5.41) is 6.41. The van der Waals surface area contributed by atoms with Gasteiger partial charge in [-0.25, -0.2) is 0 Å². The molecule has 1 aliphatic rings. The smallest absolute Gasteiger partial charge is 0.224 e. The van der Waals surface area contributed by atoms with E-state index < -0.39 is 0 Å². The van der Waals surface area contributed by atoms with Crippen LogP contribution in [0.15, 0.2) is 30.3 Å². The maximum Gasteiger partial charge on any atom is 0.224 e. The fraction of sp³-hybridized carbons (Fsp3) is 0.562. The first-order valence-corrected chi connectivity index (χ1v) is 7.34. The van der Waals surface area contributed by atoms with Crippen molar-refractivity contribution in [3.8, 4) is 0 Å². The van der Waals surface area contributed by atoms with E-state index in [1.165, 1.54) is 5.56 Å². The van der Waals surface area contributed by atoms with Gasteiger partial charge in [0.15, 0.2) is 0 Å². The van der Waals surface area contributed by atoms with Gasteiger partial charge < -0.3 is 10.6 Å². The first-order valence-electron chi connectivity index (χ1n) is 7.34. The number of rotatable bonds is 5. The van der Waals surface area contributed by atoms with Crippen molar-refractivity contribution in [2.45, 2.75) is 32.1 Å². The predicted octanol–water partition coefficient (Wildman–Crippen LogP) is 2.30. The number of hydrogen-bond donors (Lipinski definition) is 2. The lowest BCUT2D eigenvalue weighted by molar-refractivity contribution is -0.125. The van der Waals surface area contributed by atoms with E-state index in [4.69, 9.17) is 0 Å². The monoisotopic (exact) mass is 260 g/mol. The largest absolute Gasteiger partial charge is 0.355 e. The Balaban J connectivity index is 1.84. The molecule has 1 heterocycles. The topological polar surface area (TPSA) is 41.1 Å². The van der Waals surface area contributed by atoms with Gasteiger partial charge in [0.1, 0.15) is 0 Å². The zero-order valence-electron chi connectivity index (χ0n) is 11.7. The molecular formula is C16H24N2O. The van der Waals surface area contributed by atoms with Crippen molar-refractivity contribution in [3.63, 3.8) is 0 Å². The van der Waals surface area contributed by atoms with E-state index in [1.54, 1.807) is 0 Å². The highest BCUT2D eigenvalue weighted by Crippen LogP contribution is 2.18. The molecular weight excluding hydrogens is 236 g/mol. The van der Waals surface area contributed by atoms with Crippen molar-refractivity contribution in [1.29, 1.82) is 0 Å². The summed E-state index contributed by atoms with van der Waals surface area (Å²) >= 11 is 0. The van der Waals surface area contributed by atoms with Crippen LogP contribution in [-0.4, -0.2) is 25.5 Å². The van der Waals surface area contributed by atoms with E-state index in [1.807, 2.05) is 6.07 Å². The summed E-state index contributed by atoms with van der Waals surface area (Å²) in [4.78, 5) is 12.1. The SMILES string of the molecule is CCC(CNC(=O)C1CCCNC1)c1ccccc1. The summed E-state index contributed by atoms with van der Waals surface area (Å²) in [7, 11) is 0. The first kappa shape index (κ1) is 14.1. The molecule has 3 nitrogen and oxygen atoms in total. The van der Waals surface area contributed by atoms with Gasteiger partial charge in [-0.15, -0.1) is 0 Å². The van der Waals surface area contributed by atoms with E-state index in [-0.39, 0.29) is 11.8 Å². The molecule has 0 aliphatic carbocycles. The van der Waals surface area contributed by atoms with Crippen LogP contribution in [-0.2, 0) is 4.79 Å². The predicted molar refractivity (Wildman–Crippen MR) is 78.1 cm³/mol. The number of piperidine rings is 1. The summed E-state index contributed by atoms with van der Waals surface area (Å²) in [5.41, 5.74) is 1.31. The van der Waals surface area contributed by atoms with Gasteiger partial charge in [-0.3, -0.25) is 4.79 Å². The van der Waals surface area contributed by atoms with Gasteiger partial charge in [0, 0.05) is 19.0 Å². The van der Waals surface area contributed by atoms with Crippen molar-refractivity contribution in [2.75, 3.05) is 19.6 Å². The Bertz CT molecular complexity index is 385. The molecule has 0 spiro atoms. The minimum atomic E-state index is 0.155. The Kier molecular flexibility index (Phi) is 5.40. The molecule has 0 saturated carbocycles. The standard InChI is InChI=1S/C16H24N2O/c1-2-13(14-7-4-3-5-8-14)12-18-16(19)15-9-6-10-17-11-15/h3-5,7-8,13,15,17H,2,6,9-12H2,1H3,(H,18,19). The third kappa shape index (κ3) is 4.06. The zero-order valence-corrected chi connectivity index (χ0v) is 11.7. The second-order valence-electron chi connectivity index (χ2n) is 5.30. The molecule has 3 heteroatoms. The summed E-state index contributed by atoms with van der Waals surface area (Å²) in [6.07, 6.45) is 3.17. The minimum absolute atomic E-state index is 0.155. The van der Waals surface area contributed by atoms with E-state index in [0.717, 1.165) is 38.9 Å². The van der Waals surface area contributed by atoms with E-state index in [0.29, 0.717) is 5.92 Å². The number of benzene rings is 1. The molecule has 104 valence electrons. The second-order valence-corrected chi connectivity index (χ2v) is 5.30. The van der Waals surface area contributed by atoms with Crippen molar-refractivity contribution in [1.82, 2.24) is 10.6 Å². The molecule has 1 aromatic carbocycles. The summed E-state index contributed by atoms with van der Waals surface area (Å²) in [5.74, 6) is 0.783. The number of hydrogen-bond acceptors (Lipinski definition) is 2. The van der Waals surface area contributed by atoms with Crippen LogP contribution in [0.5, 0.6) is 0 Å². The highest BCUT2D eigenvalue weighted by atomic mass is 16.1. The van der Waals surface area contributed by atoms with Gasteiger partial charge in [0.2, 0.25) is 5.91 Å². The Morgan fingerprint density at radius 1 is 1.42 bits per heavy atom. The maximum absolute atomic E-state index is 12.1. The van der Waals surface area contributed by atoms with Crippen molar-refractivity contribution in [3.05, 3.63) is 35.9 Å². The molecule has 2 rings (SSSR count). The number of nitrogens with one attached hydrogen (secondary N) is 2. The van der Waals surface area contributed by atoms with Crippen LogP contribution in [0, 0.1) is 5.92 Å². The summed E-state index contributed by atoms with van der Waals surface area (Å²) in [6, 6.07) is 10.4. The molecule has 1 amide bonds. The number of carbonyl (C=O) groups excluding carboxylic acids is 1. The average molecular weight is 260 g/mol. The quantitative estimate of drug-likeness (QED) is 0.853. The van der Waals surface area contributed by atoms with Crippen molar-refractivity contribution >= 4 is 5.91 Å². The summed E-state index contributed by atoms with van der Waals surface area (Å²) < 4.78 is 0. The number of amides is 1. The molecule has 0 aromatic heterocycles. The number of carbonyl (C=O) groups is 1. The molecule has 2 atom stereocenters. The van der Waals surface area contributed by atoms with E-state index in [2.05, 4.69) is 41.8 Å². The average Bonchev–Trinajstić information content (AvgIpc) is 2.49. The Hall–Kier alpha value is -1.35. The van der Waals surface area contributed by atoms with Crippen LogP contribution in [0.2, 0.25) is 0 Å². The van der Waals surface area contributed by atoms with Crippen LogP contribution >= 0.6 is 0 Å². The molecule has 0 bridgehead atoms.